The molecule has 1 heteroatoms. The summed E-state index contributed by atoms with van der Waals surface area (Å²) in [7, 11) is 0. The summed E-state index contributed by atoms with van der Waals surface area (Å²) in [6.45, 7) is 5.20. The first-order valence-corrected chi connectivity index (χ1v) is 9.30. The Hall–Kier alpha value is -0.820. The summed E-state index contributed by atoms with van der Waals surface area (Å²) in [5.74, 6) is 1.61. The average molecular weight is 298 g/mol. The molecule has 2 fully saturated rings. The fraction of sp³-hybridized carbons (Fsp3) is 0.714. The molecular formula is C21H30O. The van der Waals surface area contributed by atoms with Crippen molar-refractivity contribution in [2.24, 2.45) is 22.7 Å². The SMILES string of the molecule is C[C@]12CCCC=C1CC[C@@H]1C2=CC[C@]2(C)C(=CCO)CC[C@@H]12. The molecule has 2 saturated carbocycles. The van der Waals surface area contributed by atoms with Gasteiger partial charge in [0.15, 0.2) is 0 Å². The third-order valence-corrected chi connectivity index (χ3v) is 7.59. The van der Waals surface area contributed by atoms with Crippen LogP contribution in [0.25, 0.3) is 0 Å². The minimum absolute atomic E-state index is 0.212. The van der Waals surface area contributed by atoms with Crippen molar-refractivity contribution in [2.45, 2.75) is 65.2 Å². The third kappa shape index (κ3) is 1.87. The molecule has 4 atom stereocenters. The van der Waals surface area contributed by atoms with Gasteiger partial charge in [-0.3, -0.25) is 0 Å². The first-order valence-electron chi connectivity index (χ1n) is 9.30. The minimum atomic E-state index is 0.212. The predicted octanol–water partition coefficient (Wildman–Crippen LogP) is 5.18. The van der Waals surface area contributed by atoms with Crippen LogP contribution in [0.1, 0.15) is 65.2 Å². The highest BCUT2D eigenvalue weighted by Gasteiger charge is 2.53. The molecule has 1 N–H and O–H groups in total. The molecule has 1 nitrogen and oxygen atoms in total. The van der Waals surface area contributed by atoms with Gasteiger partial charge in [-0.25, -0.2) is 0 Å². The first-order chi connectivity index (χ1) is 10.6. The van der Waals surface area contributed by atoms with Crippen molar-refractivity contribution in [3.8, 4) is 0 Å². The number of fused-ring (bicyclic) bond motifs is 5. The van der Waals surface area contributed by atoms with Gasteiger partial charge < -0.3 is 5.11 Å². The van der Waals surface area contributed by atoms with Crippen LogP contribution in [0.15, 0.2) is 34.9 Å². The zero-order valence-corrected chi connectivity index (χ0v) is 14.2. The summed E-state index contributed by atoms with van der Waals surface area (Å²) in [5.41, 5.74) is 5.77. The highest BCUT2D eigenvalue weighted by atomic mass is 16.2. The van der Waals surface area contributed by atoms with Crippen molar-refractivity contribution in [2.75, 3.05) is 6.61 Å². The molecular weight excluding hydrogens is 268 g/mol. The Labute approximate surface area is 135 Å². The Morgan fingerprint density at radius 2 is 2.09 bits per heavy atom. The Balaban J connectivity index is 1.74. The molecule has 0 aliphatic heterocycles. The average Bonchev–Trinajstić information content (AvgIpc) is 2.84. The van der Waals surface area contributed by atoms with Crippen molar-refractivity contribution in [1.29, 1.82) is 0 Å². The van der Waals surface area contributed by atoms with E-state index in [2.05, 4.69) is 32.1 Å². The standard InChI is InChI=1S/C21H30O/c1-20-12-4-3-5-15(20)6-8-17-18-9-7-16(11-14-22)21(18,2)13-10-19(17)20/h5,10-11,17-18,22H,3-4,6-9,12-14H2,1-2H3/t17-,18-,20-,21+/m0/s1. The topological polar surface area (TPSA) is 20.2 Å². The molecule has 4 aliphatic carbocycles. The van der Waals surface area contributed by atoms with Crippen LogP contribution in [0.4, 0.5) is 0 Å². The summed E-state index contributed by atoms with van der Waals surface area (Å²) in [6, 6.07) is 0. The van der Waals surface area contributed by atoms with Crippen LogP contribution >= 0.6 is 0 Å². The van der Waals surface area contributed by atoms with E-state index in [1.807, 2.05) is 0 Å². The lowest BCUT2D eigenvalue weighted by Crippen LogP contribution is -2.42. The van der Waals surface area contributed by atoms with E-state index in [9.17, 15) is 5.11 Å². The van der Waals surface area contributed by atoms with E-state index < -0.39 is 0 Å². The van der Waals surface area contributed by atoms with Crippen LogP contribution < -0.4 is 0 Å². The fourth-order valence-electron chi connectivity index (χ4n) is 6.34. The van der Waals surface area contributed by atoms with Gasteiger partial charge in [-0.05, 0) is 68.6 Å². The van der Waals surface area contributed by atoms with Crippen molar-refractivity contribution in [1.82, 2.24) is 0 Å². The van der Waals surface area contributed by atoms with Gasteiger partial charge in [0.05, 0.1) is 6.61 Å². The van der Waals surface area contributed by atoms with Crippen LogP contribution in [0, 0.1) is 22.7 Å². The zero-order valence-electron chi connectivity index (χ0n) is 14.2. The van der Waals surface area contributed by atoms with Crippen LogP contribution in [0.5, 0.6) is 0 Å². The van der Waals surface area contributed by atoms with E-state index in [-0.39, 0.29) is 6.61 Å². The lowest BCUT2D eigenvalue weighted by molar-refractivity contribution is 0.141. The molecule has 0 bridgehead atoms. The number of aliphatic hydroxyl groups is 1. The summed E-state index contributed by atoms with van der Waals surface area (Å²) in [6.07, 6.45) is 17.7. The van der Waals surface area contributed by atoms with Crippen molar-refractivity contribution in [3.63, 3.8) is 0 Å². The molecule has 0 unspecified atom stereocenters. The van der Waals surface area contributed by atoms with E-state index in [1.54, 1.807) is 11.1 Å². The van der Waals surface area contributed by atoms with Gasteiger partial charge in [-0.15, -0.1) is 0 Å². The number of aliphatic hydroxyl groups excluding tert-OH is 1. The molecule has 0 amide bonds. The molecule has 4 aliphatic rings. The van der Waals surface area contributed by atoms with Crippen molar-refractivity contribution in [3.05, 3.63) is 34.9 Å². The van der Waals surface area contributed by atoms with Gasteiger partial charge >= 0.3 is 0 Å². The van der Waals surface area contributed by atoms with Gasteiger partial charge in [0.25, 0.3) is 0 Å². The summed E-state index contributed by atoms with van der Waals surface area (Å²) in [4.78, 5) is 0. The minimum Gasteiger partial charge on any atom is -0.392 e. The Kier molecular flexibility index (Phi) is 3.41. The molecule has 120 valence electrons. The normalized spacial score (nSPS) is 45.7. The lowest BCUT2D eigenvalue weighted by Gasteiger charge is -2.53. The molecule has 0 heterocycles. The highest BCUT2D eigenvalue weighted by molar-refractivity contribution is 5.40. The second-order valence-electron chi connectivity index (χ2n) is 8.44. The zero-order chi connectivity index (χ0) is 15.4. The predicted molar refractivity (Wildman–Crippen MR) is 91.5 cm³/mol. The first kappa shape index (κ1) is 14.8. The van der Waals surface area contributed by atoms with Crippen LogP contribution in [0.2, 0.25) is 0 Å². The van der Waals surface area contributed by atoms with E-state index >= 15 is 0 Å². The molecule has 0 aromatic carbocycles. The van der Waals surface area contributed by atoms with Crippen LogP contribution in [-0.2, 0) is 0 Å². The van der Waals surface area contributed by atoms with E-state index in [0.29, 0.717) is 10.8 Å². The van der Waals surface area contributed by atoms with E-state index in [0.717, 1.165) is 11.8 Å². The Bertz CT molecular complexity index is 566. The second kappa shape index (κ2) is 5.09. The summed E-state index contributed by atoms with van der Waals surface area (Å²) < 4.78 is 0. The van der Waals surface area contributed by atoms with Crippen molar-refractivity contribution >= 4 is 0 Å². The second-order valence-corrected chi connectivity index (χ2v) is 8.44. The van der Waals surface area contributed by atoms with Gasteiger partial charge in [-0.1, -0.05) is 48.8 Å². The summed E-state index contributed by atoms with van der Waals surface area (Å²) >= 11 is 0. The molecule has 4 rings (SSSR count). The monoisotopic (exact) mass is 298 g/mol. The number of hydrogen-bond donors (Lipinski definition) is 1. The maximum Gasteiger partial charge on any atom is 0.0615 e. The van der Waals surface area contributed by atoms with Gasteiger partial charge in [0.2, 0.25) is 0 Å². The summed E-state index contributed by atoms with van der Waals surface area (Å²) in [5, 5.41) is 9.36. The van der Waals surface area contributed by atoms with Crippen LogP contribution in [0.3, 0.4) is 0 Å². The molecule has 0 saturated heterocycles. The molecule has 0 radical (unpaired) electrons. The maximum atomic E-state index is 9.36. The molecule has 0 aromatic heterocycles. The van der Waals surface area contributed by atoms with E-state index in [4.69, 9.17) is 0 Å². The highest BCUT2D eigenvalue weighted by Crippen LogP contribution is 2.64. The molecule has 0 spiro atoms. The number of rotatable bonds is 1. The van der Waals surface area contributed by atoms with Gasteiger partial charge in [0.1, 0.15) is 0 Å². The van der Waals surface area contributed by atoms with Crippen molar-refractivity contribution < 1.29 is 5.11 Å². The van der Waals surface area contributed by atoms with Gasteiger partial charge in [0, 0.05) is 5.41 Å². The quantitative estimate of drug-likeness (QED) is 0.661. The third-order valence-electron chi connectivity index (χ3n) is 7.59. The molecule has 22 heavy (non-hydrogen) atoms. The molecule has 0 aromatic rings. The van der Waals surface area contributed by atoms with Crippen LogP contribution in [-0.4, -0.2) is 11.7 Å². The smallest absolute Gasteiger partial charge is 0.0615 e. The largest absolute Gasteiger partial charge is 0.392 e. The number of hydrogen-bond acceptors (Lipinski definition) is 1. The fourth-order valence-corrected chi connectivity index (χ4v) is 6.34. The van der Waals surface area contributed by atoms with Gasteiger partial charge in [-0.2, -0.15) is 0 Å². The van der Waals surface area contributed by atoms with E-state index in [1.165, 1.54) is 56.9 Å². The maximum absolute atomic E-state index is 9.36. The number of allylic oxidation sites excluding steroid dienone is 5. The Morgan fingerprint density at radius 1 is 1.23 bits per heavy atom. The lowest BCUT2D eigenvalue weighted by atomic mass is 9.52. The Morgan fingerprint density at radius 3 is 2.91 bits per heavy atom.